The lowest BCUT2D eigenvalue weighted by molar-refractivity contribution is 0.137. The molecule has 2 nitrogen and oxygen atoms in total. The van der Waals surface area contributed by atoms with Gasteiger partial charge >= 0.3 is 0 Å². The molecule has 0 saturated heterocycles. The van der Waals surface area contributed by atoms with Crippen molar-refractivity contribution in [1.29, 1.82) is 0 Å². The van der Waals surface area contributed by atoms with Crippen LogP contribution >= 0.6 is 0 Å². The molecule has 0 fully saturated rings. The minimum Gasteiger partial charge on any atom is -0.487 e. The first-order chi connectivity index (χ1) is 10.2. The van der Waals surface area contributed by atoms with Gasteiger partial charge in [-0.3, -0.25) is 0 Å². The largest absolute Gasteiger partial charge is 0.487 e. The summed E-state index contributed by atoms with van der Waals surface area (Å²) in [5, 5.41) is 0. The van der Waals surface area contributed by atoms with Crippen LogP contribution in [0.2, 0.25) is 0 Å². The Labute approximate surface area is 124 Å². The number of hydrogen-bond donors (Lipinski definition) is 0. The Balaban J connectivity index is 2.01. The fraction of sp³-hybridized carbons (Fsp3) is 0.647. The number of rotatable bonds is 3. The summed E-state index contributed by atoms with van der Waals surface area (Å²) < 4.78 is 40.0. The van der Waals surface area contributed by atoms with Crippen LogP contribution in [0.5, 0.6) is 11.5 Å². The summed E-state index contributed by atoms with van der Waals surface area (Å²) in [5.74, 6) is -1.49. The minimum absolute atomic E-state index is 0.00218. The fourth-order valence-electron chi connectivity index (χ4n) is 3.39. The molecule has 0 aromatic heterocycles. The summed E-state index contributed by atoms with van der Waals surface area (Å²) in [5.41, 5.74) is 1.65. The Kier molecular flexibility index (Phi) is 4.05. The Hall–Kier alpha value is -1.32. The van der Waals surface area contributed by atoms with Gasteiger partial charge in [-0.2, -0.15) is 8.78 Å². The van der Waals surface area contributed by atoms with Crippen molar-refractivity contribution >= 4 is 0 Å². The predicted octanol–water partition coefficient (Wildman–Crippen LogP) is 4.56. The van der Waals surface area contributed by atoms with Crippen molar-refractivity contribution in [2.75, 3.05) is 0 Å². The van der Waals surface area contributed by atoms with Gasteiger partial charge in [0.1, 0.15) is 0 Å². The molecule has 0 amide bonds. The van der Waals surface area contributed by atoms with Gasteiger partial charge in [-0.1, -0.05) is 20.3 Å². The first-order valence-corrected chi connectivity index (χ1v) is 8.01. The van der Waals surface area contributed by atoms with Gasteiger partial charge < -0.3 is 9.47 Å². The molecular weight excluding hydrogens is 274 g/mol. The highest BCUT2D eigenvalue weighted by Gasteiger charge is 2.34. The topological polar surface area (TPSA) is 18.5 Å². The van der Waals surface area contributed by atoms with E-state index in [1.165, 1.54) is 0 Å². The molecule has 2 atom stereocenters. The van der Waals surface area contributed by atoms with Crippen molar-refractivity contribution in [3.63, 3.8) is 0 Å². The average molecular weight is 296 g/mol. The Morgan fingerprint density at radius 2 is 1.43 bits per heavy atom. The van der Waals surface area contributed by atoms with E-state index in [4.69, 9.17) is 9.47 Å². The van der Waals surface area contributed by atoms with Crippen LogP contribution in [0.3, 0.4) is 0 Å². The molecule has 2 aliphatic heterocycles. The van der Waals surface area contributed by atoms with Crippen molar-refractivity contribution in [1.82, 2.24) is 0 Å². The van der Waals surface area contributed by atoms with E-state index in [0.29, 0.717) is 0 Å². The van der Waals surface area contributed by atoms with Gasteiger partial charge in [0.05, 0.1) is 12.2 Å². The fourth-order valence-corrected chi connectivity index (χ4v) is 3.39. The van der Waals surface area contributed by atoms with Gasteiger partial charge in [0, 0.05) is 11.1 Å². The van der Waals surface area contributed by atoms with Crippen LogP contribution in [0, 0.1) is 11.6 Å². The zero-order valence-electron chi connectivity index (χ0n) is 12.7. The lowest BCUT2D eigenvalue weighted by Gasteiger charge is -2.32. The lowest BCUT2D eigenvalue weighted by atomic mass is 9.90. The van der Waals surface area contributed by atoms with E-state index in [0.717, 1.165) is 56.1 Å². The summed E-state index contributed by atoms with van der Waals surface area (Å²) >= 11 is 0. The second kappa shape index (κ2) is 5.82. The van der Waals surface area contributed by atoms with Crippen LogP contribution < -0.4 is 9.47 Å². The smallest absolute Gasteiger partial charge is 0.204 e. The summed E-state index contributed by atoms with van der Waals surface area (Å²) in [7, 11) is 0. The van der Waals surface area contributed by atoms with Gasteiger partial charge in [-0.15, -0.1) is 0 Å². The highest BCUT2D eigenvalue weighted by Crippen LogP contribution is 2.44. The van der Waals surface area contributed by atoms with Crippen LogP contribution in [0.25, 0.3) is 0 Å². The Morgan fingerprint density at radius 3 is 1.95 bits per heavy atom. The molecule has 0 radical (unpaired) electrons. The van der Waals surface area contributed by atoms with Crippen molar-refractivity contribution in [2.24, 2.45) is 0 Å². The molecule has 1 aromatic rings. The molecule has 4 heteroatoms. The van der Waals surface area contributed by atoms with Crippen LogP contribution in [-0.2, 0) is 12.8 Å². The second-order valence-electron chi connectivity index (χ2n) is 6.00. The standard InChI is InChI=1S/C17H22F2O2/c1-3-5-11-7-9-13-12-8-6-10(4-2)20-16(12)14(18)15(19)17(13)21-11/h10-11H,3-9H2,1-2H3. The van der Waals surface area contributed by atoms with Crippen LogP contribution in [-0.4, -0.2) is 12.2 Å². The number of hydrogen-bond acceptors (Lipinski definition) is 2. The zero-order chi connectivity index (χ0) is 15.0. The molecule has 0 spiro atoms. The van der Waals surface area contributed by atoms with E-state index in [1.54, 1.807) is 0 Å². The van der Waals surface area contributed by atoms with Crippen LogP contribution in [0.15, 0.2) is 0 Å². The third kappa shape index (κ3) is 2.49. The number of halogens is 2. The molecule has 0 bridgehead atoms. The molecule has 21 heavy (non-hydrogen) atoms. The van der Waals surface area contributed by atoms with Crippen LogP contribution in [0.4, 0.5) is 8.78 Å². The second-order valence-corrected chi connectivity index (χ2v) is 6.00. The first-order valence-electron chi connectivity index (χ1n) is 8.01. The molecular formula is C17H22F2O2. The molecule has 2 aliphatic rings. The number of ether oxygens (including phenoxy) is 2. The van der Waals surface area contributed by atoms with E-state index in [1.807, 2.05) is 6.92 Å². The Bertz CT molecular complexity index is 542. The molecule has 0 aliphatic carbocycles. The van der Waals surface area contributed by atoms with Crippen LogP contribution in [0.1, 0.15) is 57.1 Å². The predicted molar refractivity (Wildman–Crippen MR) is 77.0 cm³/mol. The summed E-state index contributed by atoms with van der Waals surface area (Å²) in [6.07, 6.45) is 5.89. The maximum atomic E-state index is 14.3. The van der Waals surface area contributed by atoms with E-state index in [9.17, 15) is 8.78 Å². The van der Waals surface area contributed by atoms with Gasteiger partial charge in [-0.05, 0) is 38.5 Å². The Morgan fingerprint density at radius 1 is 0.905 bits per heavy atom. The van der Waals surface area contributed by atoms with Gasteiger partial charge in [0.25, 0.3) is 0 Å². The number of fused-ring (bicyclic) bond motifs is 3. The van der Waals surface area contributed by atoms with Gasteiger partial charge in [0.2, 0.25) is 11.6 Å². The van der Waals surface area contributed by atoms with E-state index < -0.39 is 11.6 Å². The van der Waals surface area contributed by atoms with Crippen molar-refractivity contribution in [3.05, 3.63) is 22.8 Å². The molecule has 0 N–H and O–H groups in total. The van der Waals surface area contributed by atoms with E-state index in [2.05, 4.69) is 6.92 Å². The number of benzene rings is 1. The highest BCUT2D eigenvalue weighted by molar-refractivity contribution is 5.52. The minimum atomic E-state index is -0.876. The van der Waals surface area contributed by atoms with E-state index >= 15 is 0 Å². The monoisotopic (exact) mass is 296 g/mol. The van der Waals surface area contributed by atoms with Crippen molar-refractivity contribution in [2.45, 2.75) is 71.0 Å². The van der Waals surface area contributed by atoms with Gasteiger partial charge in [-0.25, -0.2) is 0 Å². The normalized spacial score (nSPS) is 23.8. The SMILES string of the molecule is CCCC1CCc2c3c(c(F)c(F)c2O1)OC(CC)CC3. The highest BCUT2D eigenvalue weighted by atomic mass is 19.2. The summed E-state index contributed by atoms with van der Waals surface area (Å²) in [6, 6.07) is 0. The van der Waals surface area contributed by atoms with Crippen molar-refractivity contribution in [3.8, 4) is 11.5 Å². The maximum absolute atomic E-state index is 14.3. The molecule has 1 aromatic carbocycles. The molecule has 116 valence electrons. The third-order valence-electron chi connectivity index (χ3n) is 4.57. The zero-order valence-corrected chi connectivity index (χ0v) is 12.7. The van der Waals surface area contributed by atoms with E-state index in [-0.39, 0.29) is 23.7 Å². The van der Waals surface area contributed by atoms with Gasteiger partial charge in [0.15, 0.2) is 11.5 Å². The first kappa shape index (κ1) is 14.6. The molecule has 2 unspecified atom stereocenters. The summed E-state index contributed by atoms with van der Waals surface area (Å²) in [6.45, 7) is 4.07. The lowest BCUT2D eigenvalue weighted by Crippen LogP contribution is -2.28. The average Bonchev–Trinajstić information content (AvgIpc) is 2.52. The maximum Gasteiger partial charge on any atom is 0.204 e. The quantitative estimate of drug-likeness (QED) is 0.814. The molecule has 2 heterocycles. The molecule has 3 rings (SSSR count). The molecule has 0 saturated carbocycles. The van der Waals surface area contributed by atoms with Crippen molar-refractivity contribution < 1.29 is 18.3 Å². The summed E-state index contributed by atoms with van der Waals surface area (Å²) in [4.78, 5) is 0. The third-order valence-corrected chi connectivity index (χ3v) is 4.57.